The summed E-state index contributed by atoms with van der Waals surface area (Å²) in [7, 11) is 1.67. The SMILES string of the molecule is COc1ccc2[c]cc(-n3ccc(C(C)C)n3)nc2c1C. The molecule has 0 unspecified atom stereocenters. The minimum atomic E-state index is 0.400. The van der Waals surface area contributed by atoms with Gasteiger partial charge in [-0.1, -0.05) is 13.8 Å². The second kappa shape index (κ2) is 5.20. The Kier molecular flexibility index (Phi) is 3.37. The topological polar surface area (TPSA) is 39.9 Å². The molecule has 21 heavy (non-hydrogen) atoms. The van der Waals surface area contributed by atoms with Gasteiger partial charge in [-0.05, 0) is 43.2 Å². The van der Waals surface area contributed by atoms with Gasteiger partial charge in [0.05, 0.1) is 18.3 Å². The molecular formula is C17H18N3O. The predicted octanol–water partition coefficient (Wildman–Crippen LogP) is 3.66. The number of fused-ring (bicyclic) bond motifs is 1. The smallest absolute Gasteiger partial charge is 0.154 e. The highest BCUT2D eigenvalue weighted by molar-refractivity contribution is 5.84. The molecule has 3 aromatic rings. The number of benzene rings is 1. The third-order valence-corrected chi connectivity index (χ3v) is 3.62. The van der Waals surface area contributed by atoms with Crippen molar-refractivity contribution in [2.75, 3.05) is 7.11 Å². The first kappa shape index (κ1) is 13.6. The number of aryl methyl sites for hydroxylation is 1. The molecule has 0 spiro atoms. The van der Waals surface area contributed by atoms with Gasteiger partial charge in [0, 0.05) is 17.1 Å². The van der Waals surface area contributed by atoms with E-state index in [0.29, 0.717) is 5.92 Å². The lowest BCUT2D eigenvalue weighted by Gasteiger charge is -2.09. The first-order valence-corrected chi connectivity index (χ1v) is 7.02. The quantitative estimate of drug-likeness (QED) is 0.735. The van der Waals surface area contributed by atoms with Gasteiger partial charge in [-0.3, -0.25) is 0 Å². The summed E-state index contributed by atoms with van der Waals surface area (Å²) in [5, 5.41) is 5.54. The minimum absolute atomic E-state index is 0.400. The molecule has 0 aliphatic heterocycles. The molecule has 4 heteroatoms. The Morgan fingerprint density at radius 3 is 2.71 bits per heavy atom. The first-order valence-electron chi connectivity index (χ1n) is 7.02. The van der Waals surface area contributed by atoms with E-state index in [-0.39, 0.29) is 0 Å². The van der Waals surface area contributed by atoms with E-state index < -0.39 is 0 Å². The van der Waals surface area contributed by atoms with Gasteiger partial charge in [-0.15, -0.1) is 0 Å². The molecule has 0 atom stereocenters. The zero-order valence-corrected chi connectivity index (χ0v) is 12.7. The zero-order chi connectivity index (χ0) is 15.0. The van der Waals surface area contributed by atoms with Gasteiger partial charge in [0.1, 0.15) is 5.75 Å². The maximum atomic E-state index is 5.36. The van der Waals surface area contributed by atoms with E-state index in [2.05, 4.69) is 25.0 Å². The molecule has 1 radical (unpaired) electrons. The second-order valence-electron chi connectivity index (χ2n) is 5.39. The predicted molar refractivity (Wildman–Crippen MR) is 83.1 cm³/mol. The molecule has 0 bridgehead atoms. The highest BCUT2D eigenvalue weighted by atomic mass is 16.5. The fraction of sp³-hybridized carbons (Fsp3) is 0.294. The molecule has 2 aromatic heterocycles. The number of methoxy groups -OCH3 is 1. The van der Waals surface area contributed by atoms with Gasteiger partial charge in [-0.25, -0.2) is 9.67 Å². The van der Waals surface area contributed by atoms with E-state index in [1.54, 1.807) is 11.8 Å². The van der Waals surface area contributed by atoms with Crippen molar-refractivity contribution in [3.8, 4) is 11.6 Å². The Labute approximate surface area is 124 Å². The largest absolute Gasteiger partial charge is 0.496 e. The van der Waals surface area contributed by atoms with Crippen molar-refractivity contribution in [1.82, 2.24) is 14.8 Å². The Balaban J connectivity index is 2.13. The van der Waals surface area contributed by atoms with E-state index in [4.69, 9.17) is 9.72 Å². The Hall–Kier alpha value is -2.36. The molecule has 0 fully saturated rings. The van der Waals surface area contributed by atoms with Crippen LogP contribution in [0.1, 0.15) is 31.0 Å². The lowest BCUT2D eigenvalue weighted by atomic mass is 10.1. The third-order valence-electron chi connectivity index (χ3n) is 3.62. The molecule has 1 aromatic carbocycles. The van der Waals surface area contributed by atoms with Crippen LogP contribution >= 0.6 is 0 Å². The highest BCUT2D eigenvalue weighted by Crippen LogP contribution is 2.26. The van der Waals surface area contributed by atoms with Crippen LogP contribution in [0.25, 0.3) is 16.7 Å². The van der Waals surface area contributed by atoms with Gasteiger partial charge in [0.25, 0.3) is 0 Å². The van der Waals surface area contributed by atoms with Gasteiger partial charge in [0.15, 0.2) is 5.82 Å². The molecule has 0 amide bonds. The van der Waals surface area contributed by atoms with E-state index in [1.807, 2.05) is 37.4 Å². The van der Waals surface area contributed by atoms with Crippen molar-refractivity contribution < 1.29 is 4.74 Å². The Morgan fingerprint density at radius 1 is 1.24 bits per heavy atom. The average Bonchev–Trinajstić information content (AvgIpc) is 2.97. The molecule has 0 aliphatic carbocycles. The average molecular weight is 280 g/mol. The van der Waals surface area contributed by atoms with Crippen molar-refractivity contribution >= 4 is 10.9 Å². The van der Waals surface area contributed by atoms with E-state index >= 15 is 0 Å². The number of nitrogens with zero attached hydrogens (tertiary/aromatic N) is 3. The van der Waals surface area contributed by atoms with Crippen LogP contribution < -0.4 is 4.74 Å². The highest BCUT2D eigenvalue weighted by Gasteiger charge is 2.09. The van der Waals surface area contributed by atoms with Crippen LogP contribution in [0.4, 0.5) is 0 Å². The molecule has 2 heterocycles. The number of rotatable bonds is 3. The normalized spacial score (nSPS) is 11.3. The fourth-order valence-corrected chi connectivity index (χ4v) is 2.34. The molecule has 4 nitrogen and oxygen atoms in total. The van der Waals surface area contributed by atoms with Crippen LogP contribution in [0.2, 0.25) is 0 Å². The summed E-state index contributed by atoms with van der Waals surface area (Å²) in [6.07, 6.45) is 1.94. The van der Waals surface area contributed by atoms with E-state index in [9.17, 15) is 0 Å². The molecule has 0 aliphatic rings. The summed E-state index contributed by atoms with van der Waals surface area (Å²) in [6, 6.07) is 11.1. The number of ether oxygens (including phenoxy) is 1. The van der Waals surface area contributed by atoms with E-state index in [1.165, 1.54) is 0 Å². The number of hydrogen-bond donors (Lipinski definition) is 0. The van der Waals surface area contributed by atoms with Crippen LogP contribution in [0.3, 0.4) is 0 Å². The first-order chi connectivity index (χ1) is 10.1. The van der Waals surface area contributed by atoms with E-state index in [0.717, 1.165) is 33.7 Å². The summed E-state index contributed by atoms with van der Waals surface area (Å²) in [5.74, 6) is 2.01. The van der Waals surface area contributed by atoms with Crippen LogP contribution in [0, 0.1) is 13.0 Å². The Bertz CT molecular complexity index is 790. The van der Waals surface area contributed by atoms with Gasteiger partial charge in [0.2, 0.25) is 0 Å². The lowest BCUT2D eigenvalue weighted by molar-refractivity contribution is 0.412. The van der Waals surface area contributed by atoms with Crippen LogP contribution in [-0.2, 0) is 0 Å². The fourth-order valence-electron chi connectivity index (χ4n) is 2.34. The van der Waals surface area contributed by atoms with Crippen molar-refractivity contribution in [3.05, 3.63) is 47.8 Å². The zero-order valence-electron chi connectivity index (χ0n) is 12.7. The molecule has 0 saturated heterocycles. The van der Waals surface area contributed by atoms with Gasteiger partial charge < -0.3 is 4.74 Å². The van der Waals surface area contributed by atoms with Gasteiger partial charge >= 0.3 is 0 Å². The molecule has 107 valence electrons. The van der Waals surface area contributed by atoms with Crippen molar-refractivity contribution in [2.45, 2.75) is 26.7 Å². The lowest BCUT2D eigenvalue weighted by Crippen LogP contribution is -2.01. The number of hydrogen-bond acceptors (Lipinski definition) is 3. The van der Waals surface area contributed by atoms with Crippen LogP contribution in [0.15, 0.2) is 30.5 Å². The second-order valence-corrected chi connectivity index (χ2v) is 5.39. The summed E-state index contributed by atoms with van der Waals surface area (Å²) >= 11 is 0. The molecule has 0 saturated carbocycles. The summed E-state index contributed by atoms with van der Waals surface area (Å²) in [6.45, 7) is 6.26. The summed E-state index contributed by atoms with van der Waals surface area (Å²) < 4.78 is 7.15. The number of aromatic nitrogens is 3. The van der Waals surface area contributed by atoms with Crippen molar-refractivity contribution in [2.24, 2.45) is 0 Å². The molecule has 0 N–H and O–H groups in total. The van der Waals surface area contributed by atoms with Crippen molar-refractivity contribution in [1.29, 1.82) is 0 Å². The summed E-state index contributed by atoms with van der Waals surface area (Å²) in [4.78, 5) is 4.72. The Morgan fingerprint density at radius 2 is 2.05 bits per heavy atom. The van der Waals surface area contributed by atoms with Gasteiger partial charge in [-0.2, -0.15) is 5.10 Å². The van der Waals surface area contributed by atoms with Crippen LogP contribution in [0.5, 0.6) is 5.75 Å². The minimum Gasteiger partial charge on any atom is -0.496 e. The molecular weight excluding hydrogens is 262 g/mol. The van der Waals surface area contributed by atoms with Crippen LogP contribution in [-0.4, -0.2) is 21.9 Å². The summed E-state index contributed by atoms with van der Waals surface area (Å²) in [5.41, 5.74) is 2.97. The standard InChI is InChI=1S/C17H18N3O/c1-11(2)14-9-10-20(19-14)16-8-6-13-5-7-15(21-4)12(3)17(13)18-16/h5,7-11H,1-4H3. The molecule has 3 rings (SSSR count). The maximum absolute atomic E-state index is 5.36. The monoisotopic (exact) mass is 280 g/mol. The van der Waals surface area contributed by atoms with Crippen molar-refractivity contribution in [3.63, 3.8) is 0 Å². The third kappa shape index (κ3) is 2.37. The number of pyridine rings is 1. The maximum Gasteiger partial charge on any atom is 0.154 e.